The molecule has 0 saturated heterocycles. The first kappa shape index (κ1) is 17.8. The van der Waals surface area contributed by atoms with Crippen molar-refractivity contribution in [3.8, 4) is 0 Å². The zero-order valence-electron chi connectivity index (χ0n) is 14.5. The summed E-state index contributed by atoms with van der Waals surface area (Å²) in [7, 11) is 0. The van der Waals surface area contributed by atoms with E-state index >= 15 is 0 Å². The summed E-state index contributed by atoms with van der Waals surface area (Å²) in [5.74, 6) is -0.224. The van der Waals surface area contributed by atoms with Crippen molar-refractivity contribution in [2.24, 2.45) is 0 Å². The minimum absolute atomic E-state index is 0.224. The Labute approximate surface area is 165 Å². The molecular weight excluding hydrogens is 375 g/mol. The molecule has 27 heavy (non-hydrogen) atoms. The molecule has 5 heteroatoms. The van der Waals surface area contributed by atoms with Crippen LogP contribution in [0.25, 0.3) is 20.4 Å². The van der Waals surface area contributed by atoms with Gasteiger partial charge in [0.25, 0.3) is 0 Å². The summed E-state index contributed by atoms with van der Waals surface area (Å²) in [5.41, 5.74) is 8.25. The number of aryl methyl sites for hydroxylation is 2. The molecule has 0 spiro atoms. The van der Waals surface area contributed by atoms with E-state index in [9.17, 15) is 4.39 Å². The van der Waals surface area contributed by atoms with Crippen molar-refractivity contribution in [3.63, 3.8) is 0 Å². The minimum atomic E-state index is -0.224. The third-order valence-corrected chi connectivity index (χ3v) is 5.85. The molecule has 0 amide bonds. The Hall–Kier alpha value is -2.63. The zero-order chi connectivity index (χ0) is 18.5. The van der Waals surface area contributed by atoms with Crippen molar-refractivity contribution in [3.05, 3.63) is 94.7 Å². The molecule has 134 valence electrons. The predicted octanol–water partition coefficient (Wildman–Crippen LogP) is 6.52. The zero-order valence-corrected chi connectivity index (χ0v) is 16.1. The molecule has 0 aliphatic heterocycles. The van der Waals surface area contributed by atoms with Gasteiger partial charge in [-0.1, -0.05) is 36.4 Å². The molecule has 0 bridgehead atoms. The van der Waals surface area contributed by atoms with Crippen LogP contribution in [-0.4, -0.2) is 9.97 Å². The van der Waals surface area contributed by atoms with Gasteiger partial charge in [0.15, 0.2) is 0 Å². The lowest BCUT2D eigenvalue weighted by Gasteiger charge is -2.02. The highest BCUT2D eigenvalue weighted by Crippen LogP contribution is 2.20. The van der Waals surface area contributed by atoms with Crippen LogP contribution in [0.5, 0.6) is 0 Å². The number of nitrogens with zero attached hydrogens (tertiary/aromatic N) is 2. The Morgan fingerprint density at radius 1 is 0.667 bits per heavy atom. The number of fused-ring (bicyclic) bond motifs is 2. The van der Waals surface area contributed by atoms with E-state index in [1.54, 1.807) is 22.9 Å². The number of hydrogen-bond donors (Lipinski definition) is 0. The number of thiazole rings is 2. The van der Waals surface area contributed by atoms with E-state index < -0.39 is 0 Å². The molecule has 3 aromatic carbocycles. The third kappa shape index (κ3) is 4.56. The van der Waals surface area contributed by atoms with Gasteiger partial charge in [-0.25, -0.2) is 14.4 Å². The van der Waals surface area contributed by atoms with Gasteiger partial charge in [-0.3, -0.25) is 0 Å². The molecule has 0 fully saturated rings. The van der Waals surface area contributed by atoms with Gasteiger partial charge in [0.2, 0.25) is 0 Å². The molecule has 0 atom stereocenters. The van der Waals surface area contributed by atoms with Crippen LogP contribution in [0, 0.1) is 5.82 Å². The lowest BCUT2D eigenvalue weighted by Crippen LogP contribution is -1.90. The van der Waals surface area contributed by atoms with Gasteiger partial charge in [-0.2, -0.15) is 0 Å². The molecule has 2 nitrogen and oxygen atoms in total. The molecule has 2 heterocycles. The summed E-state index contributed by atoms with van der Waals surface area (Å²) in [4.78, 5) is 8.31. The smallest absolute Gasteiger partial charge is 0.125 e. The number of hydrogen-bond acceptors (Lipinski definition) is 4. The second kappa shape index (κ2) is 8.37. The molecule has 0 aliphatic rings. The van der Waals surface area contributed by atoms with Gasteiger partial charge >= 0.3 is 0 Å². The quantitative estimate of drug-likeness (QED) is 0.349. The van der Waals surface area contributed by atoms with Gasteiger partial charge in [-0.15, -0.1) is 22.7 Å². The minimum Gasteiger partial charge on any atom is -0.245 e. The van der Waals surface area contributed by atoms with Crippen molar-refractivity contribution in [2.45, 2.75) is 12.8 Å². The molecule has 0 radical (unpaired) electrons. The number of benzene rings is 3. The van der Waals surface area contributed by atoms with Crippen LogP contribution < -0.4 is 0 Å². The highest BCUT2D eigenvalue weighted by atomic mass is 32.1. The first-order valence-electron chi connectivity index (χ1n) is 8.63. The standard InChI is InChI=1S/C15H13NS.C7H4FNS/c1-2-4-12(5-3-1)6-7-13-8-9-15-14(10-13)16-11-17-15;8-5-1-2-7-6(3-5)9-4-10-7/h1-5,8-11H,6-7H2;1-4H. The Bertz CT molecular complexity index is 1150. The fraction of sp³-hybridized carbons (Fsp3) is 0.0909. The number of halogens is 1. The Morgan fingerprint density at radius 2 is 1.30 bits per heavy atom. The van der Waals surface area contributed by atoms with Crippen LogP contribution >= 0.6 is 22.7 Å². The highest BCUT2D eigenvalue weighted by Gasteiger charge is 2.00. The van der Waals surface area contributed by atoms with Crippen molar-refractivity contribution in [2.75, 3.05) is 0 Å². The maximum atomic E-state index is 12.5. The van der Waals surface area contributed by atoms with Crippen LogP contribution in [0.2, 0.25) is 0 Å². The summed E-state index contributed by atoms with van der Waals surface area (Å²) in [6.07, 6.45) is 2.17. The Kier molecular flexibility index (Phi) is 5.51. The van der Waals surface area contributed by atoms with Crippen LogP contribution in [-0.2, 0) is 12.8 Å². The van der Waals surface area contributed by atoms with Crippen LogP contribution in [0.15, 0.2) is 77.8 Å². The summed E-state index contributed by atoms with van der Waals surface area (Å²) >= 11 is 3.22. The molecule has 0 unspecified atom stereocenters. The third-order valence-electron chi connectivity index (χ3n) is 4.23. The maximum absolute atomic E-state index is 12.5. The maximum Gasteiger partial charge on any atom is 0.125 e. The first-order valence-corrected chi connectivity index (χ1v) is 10.4. The highest BCUT2D eigenvalue weighted by molar-refractivity contribution is 7.17. The summed E-state index contributed by atoms with van der Waals surface area (Å²) in [5, 5.41) is 0. The molecule has 0 saturated carbocycles. The largest absolute Gasteiger partial charge is 0.245 e. The average molecular weight is 393 g/mol. The number of aromatic nitrogens is 2. The van der Waals surface area contributed by atoms with E-state index in [1.807, 2.05) is 5.51 Å². The molecule has 2 aromatic heterocycles. The second-order valence-corrected chi connectivity index (χ2v) is 7.88. The predicted molar refractivity (Wildman–Crippen MR) is 113 cm³/mol. The second-order valence-electron chi connectivity index (χ2n) is 6.10. The van der Waals surface area contributed by atoms with Crippen LogP contribution in [0.3, 0.4) is 0 Å². The number of rotatable bonds is 3. The molecule has 5 rings (SSSR count). The normalized spacial score (nSPS) is 10.7. The summed E-state index contributed by atoms with van der Waals surface area (Å²) in [6.45, 7) is 0. The van der Waals surface area contributed by atoms with Crippen molar-refractivity contribution in [1.29, 1.82) is 0 Å². The monoisotopic (exact) mass is 392 g/mol. The first-order chi connectivity index (χ1) is 13.3. The van der Waals surface area contributed by atoms with Gasteiger partial charge < -0.3 is 0 Å². The molecule has 5 aromatic rings. The van der Waals surface area contributed by atoms with Crippen molar-refractivity contribution in [1.82, 2.24) is 9.97 Å². The lowest BCUT2D eigenvalue weighted by molar-refractivity contribution is 0.629. The van der Waals surface area contributed by atoms with E-state index in [0.717, 1.165) is 28.6 Å². The van der Waals surface area contributed by atoms with Gasteiger partial charge in [-0.05, 0) is 48.2 Å². The summed E-state index contributed by atoms with van der Waals surface area (Å²) in [6, 6.07) is 21.8. The fourth-order valence-electron chi connectivity index (χ4n) is 2.82. The average Bonchev–Trinajstić information content (AvgIpc) is 3.36. The van der Waals surface area contributed by atoms with Gasteiger partial charge in [0, 0.05) is 6.07 Å². The molecule has 0 aliphatic carbocycles. The van der Waals surface area contributed by atoms with Crippen molar-refractivity contribution < 1.29 is 4.39 Å². The molecular formula is C22H17FN2S2. The van der Waals surface area contributed by atoms with E-state index in [4.69, 9.17) is 0 Å². The topological polar surface area (TPSA) is 25.8 Å². The molecule has 0 N–H and O–H groups in total. The van der Waals surface area contributed by atoms with Crippen LogP contribution in [0.4, 0.5) is 4.39 Å². The van der Waals surface area contributed by atoms with Crippen LogP contribution in [0.1, 0.15) is 11.1 Å². The van der Waals surface area contributed by atoms with E-state index in [2.05, 4.69) is 58.5 Å². The lowest BCUT2D eigenvalue weighted by atomic mass is 10.0. The van der Waals surface area contributed by atoms with E-state index in [0.29, 0.717) is 0 Å². The van der Waals surface area contributed by atoms with Crippen molar-refractivity contribution >= 4 is 43.1 Å². The van der Waals surface area contributed by atoms with E-state index in [-0.39, 0.29) is 5.82 Å². The fourth-order valence-corrected chi connectivity index (χ4v) is 4.14. The summed E-state index contributed by atoms with van der Waals surface area (Å²) < 4.78 is 14.8. The van der Waals surface area contributed by atoms with Gasteiger partial charge in [0.05, 0.1) is 31.5 Å². The van der Waals surface area contributed by atoms with Gasteiger partial charge in [0.1, 0.15) is 5.82 Å². The van der Waals surface area contributed by atoms with E-state index in [1.165, 1.54) is 39.3 Å². The Balaban J connectivity index is 0.000000153. The SMILES string of the molecule is Fc1ccc2scnc2c1.c1ccc(CCc2ccc3scnc3c2)cc1. The Morgan fingerprint density at radius 3 is 2.04 bits per heavy atom.